The third-order valence-corrected chi connectivity index (χ3v) is 2.97. The zero-order valence-corrected chi connectivity index (χ0v) is 11.8. The Balaban J connectivity index is 2.05. The van der Waals surface area contributed by atoms with Gasteiger partial charge in [-0.3, -0.25) is 9.78 Å². The number of carbonyl (C=O) groups is 2. The van der Waals surface area contributed by atoms with Crippen molar-refractivity contribution in [1.29, 1.82) is 0 Å². The van der Waals surface area contributed by atoms with E-state index in [0.717, 1.165) is 11.3 Å². The van der Waals surface area contributed by atoms with E-state index in [0.29, 0.717) is 12.2 Å². The van der Waals surface area contributed by atoms with Crippen molar-refractivity contribution in [2.45, 2.75) is 20.4 Å². The number of nitrogens with zero attached hydrogens (tertiary/aromatic N) is 2. The molecule has 0 aliphatic heterocycles. The standard InChI is InChI=1S/C15H15N3O3/c1-9-3-4-11(7-16-9)8-17-14(19)13-6-5-12(15(20)21)10(2)18-13/h3-7H,8H2,1-2H3,(H,17,19)(H,20,21). The van der Waals surface area contributed by atoms with E-state index in [1.165, 1.54) is 12.1 Å². The molecule has 2 aromatic heterocycles. The lowest BCUT2D eigenvalue weighted by atomic mass is 10.2. The third-order valence-electron chi connectivity index (χ3n) is 2.97. The number of pyridine rings is 2. The largest absolute Gasteiger partial charge is 0.478 e. The number of nitrogens with one attached hydrogen (secondary N) is 1. The van der Waals surface area contributed by atoms with Gasteiger partial charge in [-0.05, 0) is 37.6 Å². The molecular formula is C15H15N3O3. The molecule has 108 valence electrons. The number of hydrogen-bond donors (Lipinski definition) is 2. The monoisotopic (exact) mass is 285 g/mol. The first-order valence-electron chi connectivity index (χ1n) is 6.38. The summed E-state index contributed by atoms with van der Waals surface area (Å²) in [5.74, 6) is -1.41. The maximum Gasteiger partial charge on any atom is 0.337 e. The molecule has 1 amide bonds. The van der Waals surface area contributed by atoms with Crippen LogP contribution in [0.5, 0.6) is 0 Å². The van der Waals surface area contributed by atoms with Crippen LogP contribution in [-0.4, -0.2) is 27.0 Å². The van der Waals surface area contributed by atoms with E-state index in [4.69, 9.17) is 5.11 Å². The van der Waals surface area contributed by atoms with Crippen molar-refractivity contribution < 1.29 is 14.7 Å². The van der Waals surface area contributed by atoms with Crippen molar-refractivity contribution in [1.82, 2.24) is 15.3 Å². The van der Waals surface area contributed by atoms with Crippen LogP contribution in [0.2, 0.25) is 0 Å². The second-order valence-electron chi connectivity index (χ2n) is 4.63. The van der Waals surface area contributed by atoms with E-state index in [2.05, 4.69) is 15.3 Å². The highest BCUT2D eigenvalue weighted by Crippen LogP contribution is 2.07. The maximum absolute atomic E-state index is 12.0. The molecule has 0 spiro atoms. The fraction of sp³-hybridized carbons (Fsp3) is 0.200. The summed E-state index contributed by atoms with van der Waals surface area (Å²) in [4.78, 5) is 31.0. The normalized spacial score (nSPS) is 10.2. The molecule has 6 heteroatoms. The summed E-state index contributed by atoms with van der Waals surface area (Å²) in [6, 6.07) is 6.53. The zero-order chi connectivity index (χ0) is 15.4. The van der Waals surface area contributed by atoms with E-state index in [-0.39, 0.29) is 17.2 Å². The molecule has 0 saturated carbocycles. The number of aromatic nitrogens is 2. The summed E-state index contributed by atoms with van der Waals surface area (Å²) in [5, 5.41) is 11.6. The van der Waals surface area contributed by atoms with Crippen molar-refractivity contribution in [2.75, 3.05) is 0 Å². The Morgan fingerprint density at radius 2 is 1.95 bits per heavy atom. The molecule has 6 nitrogen and oxygen atoms in total. The topological polar surface area (TPSA) is 92.2 Å². The Bertz CT molecular complexity index is 681. The second kappa shape index (κ2) is 6.13. The molecule has 2 aromatic rings. The van der Waals surface area contributed by atoms with Crippen molar-refractivity contribution in [3.05, 3.63) is 58.7 Å². The van der Waals surface area contributed by atoms with Gasteiger partial charge in [0.15, 0.2) is 0 Å². The Kier molecular flexibility index (Phi) is 4.27. The molecule has 0 saturated heterocycles. The van der Waals surface area contributed by atoms with Crippen LogP contribution in [0.25, 0.3) is 0 Å². The van der Waals surface area contributed by atoms with Gasteiger partial charge in [0, 0.05) is 18.4 Å². The average molecular weight is 285 g/mol. The number of amides is 1. The SMILES string of the molecule is Cc1ccc(CNC(=O)c2ccc(C(=O)O)c(C)n2)cn1. The maximum atomic E-state index is 12.0. The number of rotatable bonds is 4. The number of carboxylic acid groups (broad SMARTS) is 1. The fourth-order valence-corrected chi connectivity index (χ4v) is 1.79. The minimum absolute atomic E-state index is 0.0919. The number of carboxylic acids is 1. The van der Waals surface area contributed by atoms with Crippen LogP contribution in [0.1, 0.15) is 37.8 Å². The van der Waals surface area contributed by atoms with Gasteiger partial charge < -0.3 is 10.4 Å². The van der Waals surface area contributed by atoms with E-state index < -0.39 is 5.97 Å². The molecule has 0 aromatic carbocycles. The van der Waals surface area contributed by atoms with Crippen molar-refractivity contribution in [3.63, 3.8) is 0 Å². The van der Waals surface area contributed by atoms with Gasteiger partial charge in [0.2, 0.25) is 0 Å². The quantitative estimate of drug-likeness (QED) is 0.892. The summed E-state index contributed by atoms with van der Waals surface area (Å²) in [5.41, 5.74) is 2.39. The molecule has 0 atom stereocenters. The number of aryl methyl sites for hydroxylation is 2. The summed E-state index contributed by atoms with van der Waals surface area (Å²) in [6.07, 6.45) is 1.70. The van der Waals surface area contributed by atoms with Crippen LogP contribution in [0.4, 0.5) is 0 Å². The van der Waals surface area contributed by atoms with Gasteiger partial charge in [0.05, 0.1) is 11.3 Å². The first kappa shape index (κ1) is 14.6. The molecule has 0 fully saturated rings. The third kappa shape index (κ3) is 3.62. The van der Waals surface area contributed by atoms with Gasteiger partial charge in [-0.15, -0.1) is 0 Å². The fourth-order valence-electron chi connectivity index (χ4n) is 1.79. The summed E-state index contributed by atoms with van der Waals surface area (Å²) >= 11 is 0. The summed E-state index contributed by atoms with van der Waals surface area (Å²) in [6.45, 7) is 3.79. The number of carbonyl (C=O) groups excluding carboxylic acids is 1. The van der Waals surface area contributed by atoms with E-state index in [9.17, 15) is 9.59 Å². The van der Waals surface area contributed by atoms with E-state index >= 15 is 0 Å². The second-order valence-corrected chi connectivity index (χ2v) is 4.63. The smallest absolute Gasteiger partial charge is 0.337 e. The molecule has 21 heavy (non-hydrogen) atoms. The van der Waals surface area contributed by atoms with Crippen molar-refractivity contribution >= 4 is 11.9 Å². The summed E-state index contributed by atoms with van der Waals surface area (Å²) in [7, 11) is 0. The Morgan fingerprint density at radius 1 is 1.19 bits per heavy atom. The van der Waals surface area contributed by atoms with Crippen LogP contribution in [0, 0.1) is 13.8 Å². The molecule has 2 heterocycles. The highest BCUT2D eigenvalue weighted by molar-refractivity contribution is 5.94. The van der Waals surface area contributed by atoms with Crippen molar-refractivity contribution in [3.8, 4) is 0 Å². The Hall–Kier alpha value is -2.76. The first-order chi connectivity index (χ1) is 9.97. The van der Waals surface area contributed by atoms with Gasteiger partial charge >= 0.3 is 5.97 Å². The van der Waals surface area contributed by atoms with Gasteiger partial charge in [-0.1, -0.05) is 6.07 Å². The minimum Gasteiger partial charge on any atom is -0.478 e. The van der Waals surface area contributed by atoms with Crippen LogP contribution in [0.15, 0.2) is 30.5 Å². The predicted molar refractivity (Wildman–Crippen MR) is 76.1 cm³/mol. The van der Waals surface area contributed by atoms with Gasteiger partial charge in [-0.25, -0.2) is 9.78 Å². The van der Waals surface area contributed by atoms with Gasteiger partial charge in [0.1, 0.15) is 5.69 Å². The Morgan fingerprint density at radius 3 is 2.52 bits per heavy atom. The summed E-state index contributed by atoms with van der Waals surface area (Å²) < 4.78 is 0. The van der Waals surface area contributed by atoms with Crippen LogP contribution in [-0.2, 0) is 6.54 Å². The molecule has 0 radical (unpaired) electrons. The molecule has 0 aliphatic carbocycles. The molecule has 2 rings (SSSR count). The molecular weight excluding hydrogens is 270 g/mol. The zero-order valence-electron chi connectivity index (χ0n) is 11.8. The highest BCUT2D eigenvalue weighted by Gasteiger charge is 2.12. The van der Waals surface area contributed by atoms with Crippen LogP contribution >= 0.6 is 0 Å². The lowest BCUT2D eigenvalue weighted by Gasteiger charge is -2.06. The first-order valence-corrected chi connectivity index (χ1v) is 6.38. The average Bonchev–Trinajstić information content (AvgIpc) is 2.45. The lowest BCUT2D eigenvalue weighted by molar-refractivity contribution is 0.0694. The highest BCUT2D eigenvalue weighted by atomic mass is 16.4. The Labute approximate surface area is 121 Å². The van der Waals surface area contributed by atoms with E-state index in [1.54, 1.807) is 13.1 Å². The van der Waals surface area contributed by atoms with Crippen molar-refractivity contribution in [2.24, 2.45) is 0 Å². The lowest BCUT2D eigenvalue weighted by Crippen LogP contribution is -2.24. The molecule has 0 bridgehead atoms. The van der Waals surface area contributed by atoms with Gasteiger partial charge in [0.25, 0.3) is 5.91 Å². The van der Waals surface area contributed by atoms with Crippen LogP contribution < -0.4 is 5.32 Å². The van der Waals surface area contributed by atoms with Crippen LogP contribution in [0.3, 0.4) is 0 Å². The number of hydrogen-bond acceptors (Lipinski definition) is 4. The molecule has 0 unspecified atom stereocenters. The molecule has 0 aliphatic rings. The molecule has 2 N–H and O–H groups in total. The van der Waals surface area contributed by atoms with Gasteiger partial charge in [-0.2, -0.15) is 0 Å². The minimum atomic E-state index is -1.06. The number of aromatic carboxylic acids is 1. The predicted octanol–water partition coefficient (Wildman–Crippen LogP) is 1.72. The van der Waals surface area contributed by atoms with E-state index in [1.807, 2.05) is 19.1 Å².